The first kappa shape index (κ1) is 7.67. The lowest BCUT2D eigenvalue weighted by Crippen LogP contribution is -1.91. The number of furan rings is 2. The molecular formula is C9H6O4. The van der Waals surface area contributed by atoms with Crippen LogP contribution in [0.2, 0.25) is 0 Å². The molecule has 0 atom stereocenters. The molecule has 0 fully saturated rings. The fraction of sp³-hybridized carbons (Fsp3) is 0. The Hall–Kier alpha value is -1.97. The second-order valence-electron chi connectivity index (χ2n) is 2.48. The van der Waals surface area contributed by atoms with E-state index < -0.39 is 5.97 Å². The van der Waals surface area contributed by atoms with E-state index in [1.54, 1.807) is 12.1 Å². The molecular weight excluding hydrogens is 172 g/mol. The van der Waals surface area contributed by atoms with Crippen LogP contribution in [0, 0.1) is 0 Å². The lowest BCUT2D eigenvalue weighted by Gasteiger charge is -1.85. The Balaban J connectivity index is 2.39. The second kappa shape index (κ2) is 2.82. The van der Waals surface area contributed by atoms with Crippen LogP contribution >= 0.6 is 0 Å². The summed E-state index contributed by atoms with van der Waals surface area (Å²) in [7, 11) is 0. The Bertz CT molecular complexity index is 411. The van der Waals surface area contributed by atoms with E-state index in [2.05, 4.69) is 0 Å². The summed E-state index contributed by atoms with van der Waals surface area (Å²) in [5.41, 5.74) is 0.117. The summed E-state index contributed by atoms with van der Waals surface area (Å²) in [5.74, 6) is -0.0727. The first-order valence-corrected chi connectivity index (χ1v) is 3.63. The van der Waals surface area contributed by atoms with E-state index in [1.165, 1.54) is 18.6 Å². The van der Waals surface area contributed by atoms with E-state index in [4.69, 9.17) is 13.9 Å². The maximum atomic E-state index is 10.5. The zero-order valence-electron chi connectivity index (χ0n) is 6.56. The summed E-state index contributed by atoms with van der Waals surface area (Å²) >= 11 is 0. The summed E-state index contributed by atoms with van der Waals surface area (Å²) in [5, 5.41) is 8.61. The zero-order chi connectivity index (χ0) is 9.26. The molecule has 66 valence electrons. The summed E-state index contributed by atoms with van der Waals surface area (Å²) in [4.78, 5) is 10.5. The Morgan fingerprint density at radius 1 is 1.31 bits per heavy atom. The van der Waals surface area contributed by atoms with Crippen LogP contribution in [0.5, 0.6) is 0 Å². The minimum absolute atomic E-state index is 0.117. The van der Waals surface area contributed by atoms with Crippen molar-refractivity contribution in [3.05, 3.63) is 36.3 Å². The molecule has 1 N–H and O–H groups in total. The van der Waals surface area contributed by atoms with Crippen molar-refractivity contribution in [2.45, 2.75) is 0 Å². The average Bonchev–Trinajstić information content (AvgIpc) is 2.75. The molecule has 0 saturated carbocycles. The summed E-state index contributed by atoms with van der Waals surface area (Å²) in [6.45, 7) is 0. The van der Waals surface area contributed by atoms with E-state index >= 15 is 0 Å². The molecule has 4 nitrogen and oxygen atoms in total. The molecule has 0 bridgehead atoms. The SMILES string of the molecule is O=C(O)c1coc(-c2ccco2)c1. The van der Waals surface area contributed by atoms with Crippen molar-refractivity contribution in [1.82, 2.24) is 0 Å². The topological polar surface area (TPSA) is 63.6 Å². The zero-order valence-corrected chi connectivity index (χ0v) is 6.56. The monoisotopic (exact) mass is 178 g/mol. The lowest BCUT2D eigenvalue weighted by atomic mass is 10.3. The second-order valence-corrected chi connectivity index (χ2v) is 2.48. The third-order valence-electron chi connectivity index (χ3n) is 1.61. The smallest absolute Gasteiger partial charge is 0.338 e. The maximum absolute atomic E-state index is 10.5. The normalized spacial score (nSPS) is 10.2. The van der Waals surface area contributed by atoms with Crippen molar-refractivity contribution in [3.8, 4) is 11.5 Å². The van der Waals surface area contributed by atoms with Crippen LogP contribution in [0.3, 0.4) is 0 Å². The number of aromatic carboxylic acids is 1. The molecule has 2 rings (SSSR count). The minimum atomic E-state index is -1.01. The number of carbonyl (C=O) groups is 1. The van der Waals surface area contributed by atoms with Gasteiger partial charge in [-0.25, -0.2) is 4.79 Å². The Kier molecular flexibility index (Phi) is 1.66. The van der Waals surface area contributed by atoms with Gasteiger partial charge >= 0.3 is 5.97 Å². The van der Waals surface area contributed by atoms with Crippen molar-refractivity contribution in [2.75, 3.05) is 0 Å². The summed E-state index contributed by atoms with van der Waals surface area (Å²) in [6, 6.07) is 4.82. The highest BCUT2D eigenvalue weighted by Gasteiger charge is 2.10. The van der Waals surface area contributed by atoms with Gasteiger partial charge in [-0.15, -0.1) is 0 Å². The van der Waals surface area contributed by atoms with Gasteiger partial charge in [0.15, 0.2) is 11.5 Å². The van der Waals surface area contributed by atoms with Crippen LogP contribution in [0.15, 0.2) is 39.6 Å². The van der Waals surface area contributed by atoms with Gasteiger partial charge in [0.05, 0.1) is 11.8 Å². The first-order valence-electron chi connectivity index (χ1n) is 3.63. The number of hydrogen-bond donors (Lipinski definition) is 1. The van der Waals surface area contributed by atoms with Gasteiger partial charge in [-0.2, -0.15) is 0 Å². The molecule has 4 heteroatoms. The highest BCUT2D eigenvalue weighted by molar-refractivity contribution is 5.88. The van der Waals surface area contributed by atoms with Gasteiger partial charge < -0.3 is 13.9 Å². The molecule has 0 aliphatic carbocycles. The quantitative estimate of drug-likeness (QED) is 0.765. The van der Waals surface area contributed by atoms with Crippen LogP contribution in [0.1, 0.15) is 10.4 Å². The van der Waals surface area contributed by atoms with Gasteiger partial charge in [0.25, 0.3) is 0 Å². The van der Waals surface area contributed by atoms with Gasteiger partial charge in [-0.1, -0.05) is 0 Å². The van der Waals surface area contributed by atoms with Crippen molar-refractivity contribution in [3.63, 3.8) is 0 Å². The van der Waals surface area contributed by atoms with E-state index in [9.17, 15) is 4.79 Å². The van der Waals surface area contributed by atoms with Crippen molar-refractivity contribution in [1.29, 1.82) is 0 Å². The molecule has 0 radical (unpaired) electrons. The van der Waals surface area contributed by atoms with E-state index in [1.807, 2.05) is 0 Å². The highest BCUT2D eigenvalue weighted by Crippen LogP contribution is 2.22. The Morgan fingerprint density at radius 2 is 2.15 bits per heavy atom. The first-order chi connectivity index (χ1) is 6.27. The number of hydrogen-bond acceptors (Lipinski definition) is 3. The molecule has 2 aromatic rings. The third-order valence-corrected chi connectivity index (χ3v) is 1.61. The van der Waals surface area contributed by atoms with E-state index in [0.717, 1.165) is 0 Å². The highest BCUT2D eigenvalue weighted by atomic mass is 16.4. The minimum Gasteiger partial charge on any atom is -0.478 e. The third kappa shape index (κ3) is 1.33. The Labute approximate surface area is 73.4 Å². The van der Waals surface area contributed by atoms with E-state index in [0.29, 0.717) is 11.5 Å². The Morgan fingerprint density at radius 3 is 2.69 bits per heavy atom. The molecule has 0 aromatic carbocycles. The summed E-state index contributed by atoms with van der Waals surface area (Å²) in [6.07, 6.45) is 2.68. The van der Waals surface area contributed by atoms with Crippen LogP contribution in [-0.4, -0.2) is 11.1 Å². The van der Waals surface area contributed by atoms with Crippen LogP contribution in [0.25, 0.3) is 11.5 Å². The lowest BCUT2D eigenvalue weighted by molar-refractivity contribution is 0.0696. The number of rotatable bonds is 2. The molecule has 13 heavy (non-hydrogen) atoms. The predicted octanol–water partition coefficient (Wildman–Crippen LogP) is 2.24. The molecule has 0 aliphatic heterocycles. The summed E-state index contributed by atoms with van der Waals surface area (Å²) < 4.78 is 10.0. The van der Waals surface area contributed by atoms with Crippen molar-refractivity contribution in [2.24, 2.45) is 0 Å². The van der Waals surface area contributed by atoms with Gasteiger partial charge in [-0.05, 0) is 12.1 Å². The number of carboxylic acids is 1. The fourth-order valence-electron chi connectivity index (χ4n) is 0.996. The molecule has 2 aromatic heterocycles. The van der Waals surface area contributed by atoms with Crippen LogP contribution in [0.4, 0.5) is 0 Å². The van der Waals surface area contributed by atoms with Gasteiger partial charge in [0.1, 0.15) is 6.26 Å². The van der Waals surface area contributed by atoms with Gasteiger partial charge in [0, 0.05) is 6.07 Å². The predicted molar refractivity (Wildman–Crippen MR) is 43.4 cm³/mol. The van der Waals surface area contributed by atoms with Gasteiger partial charge in [0.2, 0.25) is 0 Å². The molecule has 0 amide bonds. The molecule has 0 saturated heterocycles. The van der Waals surface area contributed by atoms with Crippen LogP contribution < -0.4 is 0 Å². The number of carboxylic acid groups (broad SMARTS) is 1. The fourth-order valence-corrected chi connectivity index (χ4v) is 0.996. The molecule has 0 spiro atoms. The van der Waals surface area contributed by atoms with Crippen molar-refractivity contribution < 1.29 is 18.7 Å². The standard InChI is InChI=1S/C9H6O4/c10-9(11)6-4-8(13-5-6)7-2-1-3-12-7/h1-5H,(H,10,11). The molecule has 2 heterocycles. The van der Waals surface area contributed by atoms with Gasteiger partial charge in [-0.3, -0.25) is 0 Å². The average molecular weight is 178 g/mol. The van der Waals surface area contributed by atoms with Crippen molar-refractivity contribution >= 4 is 5.97 Å². The molecule has 0 aliphatic rings. The largest absolute Gasteiger partial charge is 0.478 e. The maximum Gasteiger partial charge on any atom is 0.338 e. The van der Waals surface area contributed by atoms with E-state index in [-0.39, 0.29) is 5.56 Å². The van der Waals surface area contributed by atoms with Crippen LogP contribution in [-0.2, 0) is 0 Å². The molecule has 0 unspecified atom stereocenters.